The smallest absolute Gasteiger partial charge is 0.223 e. The van der Waals surface area contributed by atoms with Gasteiger partial charge in [-0.3, -0.25) is 4.79 Å². The van der Waals surface area contributed by atoms with Crippen LogP contribution >= 0.6 is 11.3 Å². The zero-order valence-electron chi connectivity index (χ0n) is 10.8. The molecule has 2 aliphatic rings. The van der Waals surface area contributed by atoms with Crippen LogP contribution in [0.5, 0.6) is 0 Å². The van der Waals surface area contributed by atoms with Gasteiger partial charge in [0.25, 0.3) is 0 Å². The highest BCUT2D eigenvalue weighted by atomic mass is 32.1. The van der Waals surface area contributed by atoms with Gasteiger partial charge in [-0.2, -0.15) is 0 Å². The fraction of sp³-hybridized carbons (Fsp3) is 0.533. The lowest BCUT2D eigenvalue weighted by Gasteiger charge is -2.11. The van der Waals surface area contributed by atoms with Crippen LogP contribution in [0.3, 0.4) is 0 Å². The fourth-order valence-electron chi connectivity index (χ4n) is 2.94. The fourth-order valence-corrected chi connectivity index (χ4v) is 3.70. The topological polar surface area (TPSA) is 55.1 Å². The van der Waals surface area contributed by atoms with Crippen molar-refractivity contribution in [3.8, 4) is 11.8 Å². The summed E-state index contributed by atoms with van der Waals surface area (Å²) in [4.78, 5) is 13.2. The van der Waals surface area contributed by atoms with Crippen molar-refractivity contribution in [2.45, 2.75) is 25.8 Å². The van der Waals surface area contributed by atoms with E-state index in [0.29, 0.717) is 13.1 Å². The molecule has 3 N–H and O–H groups in total. The molecule has 1 heterocycles. The molecule has 1 amide bonds. The summed E-state index contributed by atoms with van der Waals surface area (Å²) in [5.41, 5.74) is 6.33. The Labute approximate surface area is 117 Å². The number of nitrogens with one attached hydrogen (secondary N) is 1. The van der Waals surface area contributed by atoms with Crippen LogP contribution in [0, 0.1) is 29.6 Å². The van der Waals surface area contributed by atoms with Crippen LogP contribution in [0.1, 0.15) is 29.7 Å². The molecule has 0 saturated heterocycles. The van der Waals surface area contributed by atoms with Crippen LogP contribution in [0.25, 0.3) is 0 Å². The van der Waals surface area contributed by atoms with Crippen LogP contribution in [-0.4, -0.2) is 12.5 Å². The van der Waals surface area contributed by atoms with Crippen LogP contribution in [0.4, 0.5) is 0 Å². The number of rotatable bonds is 3. The molecule has 3 rings (SSSR count). The summed E-state index contributed by atoms with van der Waals surface area (Å²) in [7, 11) is 0. The maximum atomic E-state index is 12.0. The van der Waals surface area contributed by atoms with Gasteiger partial charge in [-0.25, -0.2) is 0 Å². The molecule has 2 fully saturated rings. The molecule has 0 radical (unpaired) electrons. The molecule has 2 atom stereocenters. The van der Waals surface area contributed by atoms with E-state index >= 15 is 0 Å². The maximum Gasteiger partial charge on any atom is 0.223 e. The number of thiophene rings is 1. The molecule has 1 aromatic rings. The summed E-state index contributed by atoms with van der Waals surface area (Å²) in [6, 6.07) is 2.03. The molecular formula is C15H18N2OS. The molecule has 0 aromatic carbocycles. The second-order valence-electron chi connectivity index (χ2n) is 5.45. The van der Waals surface area contributed by atoms with Crippen molar-refractivity contribution in [3.05, 3.63) is 21.9 Å². The van der Waals surface area contributed by atoms with E-state index in [1.807, 2.05) is 11.4 Å². The molecule has 2 aliphatic carbocycles. The molecule has 0 bridgehead atoms. The number of carbonyl (C=O) groups excluding carboxylic acids is 1. The van der Waals surface area contributed by atoms with E-state index in [9.17, 15) is 4.79 Å². The number of amides is 1. The summed E-state index contributed by atoms with van der Waals surface area (Å²) >= 11 is 1.64. The van der Waals surface area contributed by atoms with E-state index < -0.39 is 0 Å². The van der Waals surface area contributed by atoms with Crippen molar-refractivity contribution in [2.24, 2.45) is 23.5 Å². The second-order valence-corrected chi connectivity index (χ2v) is 6.45. The first kappa shape index (κ1) is 12.7. The SMILES string of the molecule is NCC#Cc1csc(CNC(=O)C2CC3CC3C2)c1. The van der Waals surface area contributed by atoms with Gasteiger partial charge in [-0.15, -0.1) is 11.3 Å². The normalized spacial score (nSPS) is 27.3. The Balaban J connectivity index is 1.48. The third-order valence-electron chi connectivity index (χ3n) is 4.04. The van der Waals surface area contributed by atoms with Crippen molar-refractivity contribution in [1.29, 1.82) is 0 Å². The standard InChI is InChI=1S/C15H18N2OS/c16-3-1-2-10-4-14(19-9-10)8-17-15(18)13-6-11-5-12(11)7-13/h4,9,11-13H,3,5-8,16H2,(H,17,18). The Hall–Kier alpha value is -1.31. The third-order valence-corrected chi connectivity index (χ3v) is 4.98. The lowest BCUT2D eigenvalue weighted by atomic mass is 10.0. The van der Waals surface area contributed by atoms with Crippen LogP contribution in [0.15, 0.2) is 11.4 Å². The van der Waals surface area contributed by atoms with E-state index in [1.165, 1.54) is 6.42 Å². The average molecular weight is 274 g/mol. The molecule has 3 nitrogen and oxygen atoms in total. The number of nitrogens with two attached hydrogens (primary N) is 1. The zero-order valence-corrected chi connectivity index (χ0v) is 11.6. The van der Waals surface area contributed by atoms with Gasteiger partial charge in [0.05, 0.1) is 13.1 Å². The molecule has 0 spiro atoms. The Bertz CT molecular complexity index is 530. The highest BCUT2D eigenvalue weighted by molar-refractivity contribution is 7.10. The molecular weight excluding hydrogens is 256 g/mol. The van der Waals surface area contributed by atoms with E-state index in [-0.39, 0.29) is 11.8 Å². The van der Waals surface area contributed by atoms with Gasteiger partial charge in [0.2, 0.25) is 5.91 Å². The lowest BCUT2D eigenvalue weighted by molar-refractivity contribution is -0.125. The van der Waals surface area contributed by atoms with Gasteiger partial charge < -0.3 is 11.1 Å². The maximum absolute atomic E-state index is 12.0. The molecule has 100 valence electrons. The van der Waals surface area contributed by atoms with Crippen molar-refractivity contribution >= 4 is 17.2 Å². The van der Waals surface area contributed by atoms with Gasteiger partial charge in [0.15, 0.2) is 0 Å². The predicted octanol–water partition coefficient (Wildman–Crippen LogP) is 1.72. The van der Waals surface area contributed by atoms with Crippen LogP contribution in [-0.2, 0) is 11.3 Å². The van der Waals surface area contributed by atoms with Gasteiger partial charge in [0, 0.05) is 21.7 Å². The minimum Gasteiger partial charge on any atom is -0.351 e. The largest absolute Gasteiger partial charge is 0.351 e. The van der Waals surface area contributed by atoms with Crippen molar-refractivity contribution in [1.82, 2.24) is 5.32 Å². The first-order valence-corrected chi connectivity index (χ1v) is 7.68. The molecule has 1 aromatic heterocycles. The summed E-state index contributed by atoms with van der Waals surface area (Å²) < 4.78 is 0. The molecule has 2 unspecified atom stereocenters. The second kappa shape index (κ2) is 5.36. The Morgan fingerprint density at radius 2 is 2.21 bits per heavy atom. The quantitative estimate of drug-likeness (QED) is 0.825. The first-order chi connectivity index (χ1) is 9.26. The predicted molar refractivity (Wildman–Crippen MR) is 76.4 cm³/mol. The summed E-state index contributed by atoms with van der Waals surface area (Å²) in [5, 5.41) is 5.06. The molecule has 2 saturated carbocycles. The summed E-state index contributed by atoms with van der Waals surface area (Å²) in [5.74, 6) is 8.05. The highest BCUT2D eigenvalue weighted by Gasteiger charge is 2.47. The van der Waals surface area contributed by atoms with Crippen molar-refractivity contribution in [2.75, 3.05) is 6.54 Å². The van der Waals surface area contributed by atoms with Gasteiger partial charge in [0.1, 0.15) is 0 Å². The summed E-state index contributed by atoms with van der Waals surface area (Å²) in [6.07, 6.45) is 3.57. The molecule has 19 heavy (non-hydrogen) atoms. The average Bonchev–Trinajstić information content (AvgIpc) is 2.86. The Kier molecular flexibility index (Phi) is 3.58. The van der Waals surface area contributed by atoms with E-state index in [1.54, 1.807) is 11.3 Å². The lowest BCUT2D eigenvalue weighted by Crippen LogP contribution is -2.29. The minimum absolute atomic E-state index is 0.232. The highest BCUT2D eigenvalue weighted by Crippen LogP contribution is 2.54. The summed E-state index contributed by atoms with van der Waals surface area (Å²) in [6.45, 7) is 1.01. The number of hydrogen-bond donors (Lipinski definition) is 2. The third kappa shape index (κ3) is 2.99. The molecule has 0 aliphatic heterocycles. The number of carbonyl (C=O) groups is 1. The monoisotopic (exact) mass is 274 g/mol. The van der Waals surface area contributed by atoms with Crippen molar-refractivity contribution < 1.29 is 4.79 Å². The Morgan fingerprint density at radius 3 is 2.95 bits per heavy atom. The first-order valence-electron chi connectivity index (χ1n) is 6.80. The van der Waals surface area contributed by atoms with Crippen LogP contribution in [0.2, 0.25) is 0 Å². The number of fused-ring (bicyclic) bond motifs is 1. The van der Waals surface area contributed by atoms with Crippen molar-refractivity contribution in [3.63, 3.8) is 0 Å². The van der Waals surface area contributed by atoms with E-state index in [4.69, 9.17) is 5.73 Å². The van der Waals surface area contributed by atoms with E-state index in [2.05, 4.69) is 17.2 Å². The van der Waals surface area contributed by atoms with E-state index in [0.717, 1.165) is 35.1 Å². The van der Waals surface area contributed by atoms with Gasteiger partial charge in [-0.1, -0.05) is 11.8 Å². The Morgan fingerprint density at radius 1 is 1.42 bits per heavy atom. The van der Waals surface area contributed by atoms with Gasteiger partial charge >= 0.3 is 0 Å². The van der Waals surface area contributed by atoms with Crippen LogP contribution < -0.4 is 11.1 Å². The molecule has 4 heteroatoms. The van der Waals surface area contributed by atoms with Gasteiger partial charge in [-0.05, 0) is 37.2 Å². The zero-order chi connectivity index (χ0) is 13.2. The minimum atomic E-state index is 0.232. The number of hydrogen-bond acceptors (Lipinski definition) is 3.